The summed E-state index contributed by atoms with van der Waals surface area (Å²) in [5.74, 6) is 0.991. The van der Waals surface area contributed by atoms with Crippen molar-refractivity contribution < 1.29 is 0 Å². The molecule has 4 aromatic rings. The Morgan fingerprint density at radius 3 is 2.29 bits per heavy atom. The molecule has 0 bridgehead atoms. The zero-order chi connectivity index (χ0) is 24.2. The number of anilines is 5. The molecular formula is C25H21Cl2N7. The predicted octanol–water partition coefficient (Wildman–Crippen LogP) is 6.52. The van der Waals surface area contributed by atoms with Crippen molar-refractivity contribution in [1.82, 2.24) is 15.0 Å². The maximum atomic E-state index is 9.83. The van der Waals surface area contributed by atoms with Gasteiger partial charge in [0.15, 0.2) is 11.6 Å². The lowest BCUT2D eigenvalue weighted by Gasteiger charge is -2.17. The lowest BCUT2D eigenvalue weighted by molar-refractivity contribution is 1.03. The van der Waals surface area contributed by atoms with Gasteiger partial charge in [-0.25, -0.2) is 15.0 Å². The molecule has 2 aromatic carbocycles. The van der Waals surface area contributed by atoms with E-state index >= 15 is 0 Å². The molecule has 0 radical (unpaired) electrons. The first kappa shape index (κ1) is 23.3. The Kier molecular flexibility index (Phi) is 6.82. The van der Waals surface area contributed by atoms with E-state index in [4.69, 9.17) is 28.9 Å². The van der Waals surface area contributed by atoms with Gasteiger partial charge in [-0.05, 0) is 60.4 Å². The van der Waals surface area contributed by atoms with Crippen LogP contribution in [0.1, 0.15) is 28.2 Å². The third-order valence-electron chi connectivity index (χ3n) is 5.37. The first-order valence-electron chi connectivity index (χ1n) is 10.4. The Morgan fingerprint density at radius 2 is 1.62 bits per heavy atom. The van der Waals surface area contributed by atoms with Crippen LogP contribution in [0.15, 0.2) is 61.1 Å². The number of nitriles is 1. The Bertz CT molecular complexity index is 1380. The molecule has 0 aliphatic rings. The van der Waals surface area contributed by atoms with Crippen LogP contribution >= 0.6 is 23.2 Å². The van der Waals surface area contributed by atoms with Crippen molar-refractivity contribution >= 4 is 52.0 Å². The minimum absolute atomic E-state index is 0.336. The maximum absolute atomic E-state index is 9.83. The summed E-state index contributed by atoms with van der Waals surface area (Å²) in [6.07, 6.45) is 3.11. The topological polar surface area (TPSA) is 113 Å². The predicted molar refractivity (Wildman–Crippen MR) is 137 cm³/mol. The van der Waals surface area contributed by atoms with E-state index in [9.17, 15) is 5.26 Å². The van der Waals surface area contributed by atoms with E-state index < -0.39 is 5.92 Å². The maximum Gasteiger partial charge on any atom is 0.160 e. The Morgan fingerprint density at radius 1 is 0.912 bits per heavy atom. The fourth-order valence-electron chi connectivity index (χ4n) is 3.49. The van der Waals surface area contributed by atoms with Gasteiger partial charge >= 0.3 is 0 Å². The Balaban J connectivity index is 1.63. The molecule has 4 rings (SSSR count). The molecule has 0 fully saturated rings. The summed E-state index contributed by atoms with van der Waals surface area (Å²) < 4.78 is 0. The molecule has 0 aliphatic carbocycles. The number of benzene rings is 2. The molecule has 9 heteroatoms. The Hall–Kier alpha value is -3.86. The van der Waals surface area contributed by atoms with E-state index in [0.717, 1.165) is 16.7 Å². The zero-order valence-corrected chi connectivity index (χ0v) is 20.0. The molecule has 2 heterocycles. The third-order valence-corrected chi connectivity index (χ3v) is 5.95. The summed E-state index contributed by atoms with van der Waals surface area (Å²) in [5, 5.41) is 17.3. The molecule has 0 spiro atoms. The van der Waals surface area contributed by atoms with Crippen molar-refractivity contribution in [3.05, 3.63) is 93.4 Å². The summed E-state index contributed by atoms with van der Waals surface area (Å²) in [7, 11) is 0. The normalized spacial score (nSPS) is 11.5. The van der Waals surface area contributed by atoms with E-state index in [-0.39, 0.29) is 0 Å². The second-order valence-electron chi connectivity index (χ2n) is 7.71. The Labute approximate surface area is 207 Å². The number of pyridine rings is 1. The summed E-state index contributed by atoms with van der Waals surface area (Å²) in [6.45, 7) is 3.86. The quantitative estimate of drug-likeness (QED) is 0.282. The standard InChI is InChI=1S/C25H21Cl2N7/c1-14-4-3-9-30-23(14)34-25-22(29)24(31-13-32-25)33-21-11-20(27)18(10-15(21)2)19(12-28)16-5-7-17(26)8-6-16/h3-11,13,19H,29H2,1-2H3,(H2,30,31,32,33,34). The van der Waals surface area contributed by atoms with Crippen LogP contribution in [-0.4, -0.2) is 15.0 Å². The highest BCUT2D eigenvalue weighted by atomic mass is 35.5. The van der Waals surface area contributed by atoms with Gasteiger partial charge in [0.05, 0.1) is 12.0 Å². The lowest BCUT2D eigenvalue weighted by atomic mass is 9.91. The highest BCUT2D eigenvalue weighted by Crippen LogP contribution is 2.36. The van der Waals surface area contributed by atoms with Gasteiger partial charge in [-0.15, -0.1) is 0 Å². The van der Waals surface area contributed by atoms with Crippen LogP contribution in [0.4, 0.5) is 28.8 Å². The number of rotatable bonds is 6. The van der Waals surface area contributed by atoms with Gasteiger partial charge < -0.3 is 16.4 Å². The number of nitrogens with one attached hydrogen (secondary N) is 2. The first-order chi connectivity index (χ1) is 16.4. The number of nitrogen functional groups attached to an aromatic ring is 1. The molecule has 4 N–H and O–H groups in total. The fourth-order valence-corrected chi connectivity index (χ4v) is 3.89. The molecule has 0 saturated heterocycles. The van der Waals surface area contributed by atoms with E-state index in [1.807, 2.05) is 44.2 Å². The van der Waals surface area contributed by atoms with Crippen LogP contribution in [0.5, 0.6) is 0 Å². The van der Waals surface area contributed by atoms with Crippen molar-refractivity contribution in [2.45, 2.75) is 19.8 Å². The van der Waals surface area contributed by atoms with Gasteiger partial charge in [0.2, 0.25) is 0 Å². The van der Waals surface area contributed by atoms with Gasteiger partial charge in [-0.3, -0.25) is 0 Å². The van der Waals surface area contributed by atoms with Crippen LogP contribution in [0.3, 0.4) is 0 Å². The smallest absolute Gasteiger partial charge is 0.160 e. The van der Waals surface area contributed by atoms with Crippen LogP contribution in [0, 0.1) is 25.2 Å². The number of hydrogen-bond donors (Lipinski definition) is 3. The molecule has 1 unspecified atom stereocenters. The van der Waals surface area contributed by atoms with Crippen LogP contribution in [0.2, 0.25) is 10.0 Å². The fraction of sp³-hybridized carbons (Fsp3) is 0.120. The van der Waals surface area contributed by atoms with E-state index in [0.29, 0.717) is 44.4 Å². The van der Waals surface area contributed by atoms with Crippen molar-refractivity contribution in [1.29, 1.82) is 5.26 Å². The monoisotopic (exact) mass is 489 g/mol. The molecule has 34 heavy (non-hydrogen) atoms. The van der Waals surface area contributed by atoms with E-state index in [2.05, 4.69) is 31.7 Å². The van der Waals surface area contributed by atoms with Gasteiger partial charge in [0.1, 0.15) is 17.8 Å². The van der Waals surface area contributed by atoms with Gasteiger partial charge in [-0.1, -0.05) is 47.5 Å². The van der Waals surface area contributed by atoms with Crippen molar-refractivity contribution in [3.63, 3.8) is 0 Å². The number of aromatic nitrogens is 3. The average Bonchev–Trinajstić information content (AvgIpc) is 2.82. The zero-order valence-electron chi connectivity index (χ0n) is 18.5. The molecule has 0 aliphatic heterocycles. The first-order valence-corrected chi connectivity index (χ1v) is 11.1. The number of nitrogens with two attached hydrogens (primary N) is 1. The number of nitrogens with zero attached hydrogens (tertiary/aromatic N) is 4. The number of halogens is 2. The SMILES string of the molecule is Cc1cc(C(C#N)c2ccc(Cl)cc2)c(Cl)cc1Nc1ncnc(Nc2ncccc2C)c1N. The number of hydrogen-bond acceptors (Lipinski definition) is 7. The van der Waals surface area contributed by atoms with Gasteiger partial charge in [0, 0.05) is 21.9 Å². The molecule has 1 atom stereocenters. The van der Waals surface area contributed by atoms with Crippen LogP contribution in [-0.2, 0) is 0 Å². The highest BCUT2D eigenvalue weighted by Gasteiger charge is 2.19. The molecular weight excluding hydrogens is 469 g/mol. The molecule has 7 nitrogen and oxygen atoms in total. The second-order valence-corrected chi connectivity index (χ2v) is 8.55. The van der Waals surface area contributed by atoms with Crippen LogP contribution in [0.25, 0.3) is 0 Å². The summed E-state index contributed by atoms with van der Waals surface area (Å²) in [4.78, 5) is 12.8. The van der Waals surface area contributed by atoms with E-state index in [1.165, 1.54) is 6.33 Å². The molecule has 170 valence electrons. The summed E-state index contributed by atoms with van der Waals surface area (Å²) in [5.41, 5.74) is 10.7. The minimum Gasteiger partial charge on any atom is -0.393 e. The van der Waals surface area contributed by atoms with Crippen molar-refractivity contribution in [2.24, 2.45) is 0 Å². The second kappa shape index (κ2) is 9.96. The molecule has 0 amide bonds. The van der Waals surface area contributed by atoms with Crippen molar-refractivity contribution in [2.75, 3.05) is 16.4 Å². The highest BCUT2D eigenvalue weighted by molar-refractivity contribution is 6.32. The van der Waals surface area contributed by atoms with Gasteiger partial charge in [-0.2, -0.15) is 5.26 Å². The third kappa shape index (κ3) is 4.88. The van der Waals surface area contributed by atoms with Crippen LogP contribution < -0.4 is 16.4 Å². The van der Waals surface area contributed by atoms with E-state index in [1.54, 1.807) is 24.4 Å². The summed E-state index contributed by atoms with van der Waals surface area (Å²) in [6, 6.07) is 17.0. The minimum atomic E-state index is -0.529. The summed E-state index contributed by atoms with van der Waals surface area (Å²) >= 11 is 12.6. The largest absolute Gasteiger partial charge is 0.393 e. The lowest BCUT2D eigenvalue weighted by Crippen LogP contribution is -2.07. The molecule has 2 aromatic heterocycles. The van der Waals surface area contributed by atoms with Crippen molar-refractivity contribution in [3.8, 4) is 6.07 Å². The molecule has 0 saturated carbocycles. The average molecular weight is 490 g/mol. The van der Waals surface area contributed by atoms with Gasteiger partial charge in [0.25, 0.3) is 0 Å². The number of aryl methyl sites for hydroxylation is 2.